The Hall–Kier alpha value is -1.64. The van der Waals surface area contributed by atoms with E-state index >= 15 is 0 Å². The van der Waals surface area contributed by atoms with Gasteiger partial charge in [0.15, 0.2) is 0 Å². The summed E-state index contributed by atoms with van der Waals surface area (Å²) >= 11 is 0. The second kappa shape index (κ2) is 3.99. The zero-order valence-electron chi connectivity index (χ0n) is 10.9. The molecule has 0 spiro atoms. The topological polar surface area (TPSA) is 26.7 Å². The molecular weight excluding hydrogens is 212 g/mol. The molecule has 2 rings (SSSR count). The molecule has 0 saturated heterocycles. The molecule has 0 aliphatic carbocycles. The van der Waals surface area contributed by atoms with Gasteiger partial charge in [-0.2, -0.15) is 0 Å². The number of hydrogen-bond acceptors (Lipinski definition) is 3. The van der Waals surface area contributed by atoms with Crippen molar-refractivity contribution in [1.82, 2.24) is 0 Å². The lowest BCUT2D eigenvalue weighted by Gasteiger charge is -2.21. The number of nitrogens with zero attached hydrogens (tertiary/aromatic N) is 2. The first-order valence-corrected chi connectivity index (χ1v) is 5.87. The summed E-state index contributed by atoms with van der Waals surface area (Å²) in [5.74, 6) is 0.405. The standard InChI is InChI=1S/C14H20N2O/c1-14(2,3)13(17)9-16-10-15(4)11-7-5-6-8-12(11)16/h5-9,17H,10H2,1-4H3/b13-9-. The average Bonchev–Trinajstić information content (AvgIpc) is 2.56. The van der Waals surface area contributed by atoms with E-state index in [1.54, 1.807) is 0 Å². The highest BCUT2D eigenvalue weighted by atomic mass is 16.3. The summed E-state index contributed by atoms with van der Waals surface area (Å²) in [4.78, 5) is 4.25. The van der Waals surface area contributed by atoms with Crippen LogP contribution in [0.4, 0.5) is 11.4 Å². The van der Waals surface area contributed by atoms with Crippen LogP contribution in [0.2, 0.25) is 0 Å². The van der Waals surface area contributed by atoms with Gasteiger partial charge >= 0.3 is 0 Å². The second-order valence-corrected chi connectivity index (χ2v) is 5.56. The molecule has 1 aromatic carbocycles. The first-order chi connectivity index (χ1) is 7.89. The number of hydrogen-bond donors (Lipinski definition) is 1. The summed E-state index contributed by atoms with van der Waals surface area (Å²) in [7, 11) is 2.06. The molecule has 3 nitrogen and oxygen atoms in total. The normalized spacial score (nSPS) is 16.4. The van der Waals surface area contributed by atoms with Crippen LogP contribution in [0.5, 0.6) is 0 Å². The first kappa shape index (κ1) is 11.8. The van der Waals surface area contributed by atoms with E-state index in [9.17, 15) is 5.11 Å². The molecule has 0 amide bonds. The van der Waals surface area contributed by atoms with Crippen LogP contribution in [0.3, 0.4) is 0 Å². The Labute approximate surface area is 103 Å². The average molecular weight is 232 g/mol. The van der Waals surface area contributed by atoms with Crippen LogP contribution >= 0.6 is 0 Å². The molecule has 3 heteroatoms. The Bertz CT molecular complexity index is 446. The molecule has 0 atom stereocenters. The Morgan fingerprint density at radius 1 is 1.24 bits per heavy atom. The van der Waals surface area contributed by atoms with Crippen LogP contribution in [0.1, 0.15) is 20.8 Å². The van der Waals surface area contributed by atoms with Crippen molar-refractivity contribution in [3.05, 3.63) is 36.2 Å². The van der Waals surface area contributed by atoms with Crippen LogP contribution in [-0.4, -0.2) is 18.8 Å². The third-order valence-electron chi connectivity index (χ3n) is 3.01. The Kier molecular flexibility index (Phi) is 2.77. The molecule has 0 bridgehead atoms. The Morgan fingerprint density at radius 2 is 1.82 bits per heavy atom. The number of benzene rings is 1. The van der Waals surface area contributed by atoms with Gasteiger partial charge in [0.1, 0.15) is 5.76 Å². The minimum Gasteiger partial charge on any atom is -0.510 e. The molecule has 0 unspecified atom stereocenters. The minimum atomic E-state index is -0.212. The molecule has 1 aliphatic rings. The van der Waals surface area contributed by atoms with Gasteiger partial charge in [0.2, 0.25) is 0 Å². The molecule has 0 aromatic heterocycles. The molecule has 1 N–H and O–H groups in total. The zero-order chi connectivity index (χ0) is 12.6. The maximum absolute atomic E-state index is 10.1. The highest BCUT2D eigenvalue weighted by Gasteiger charge is 2.24. The summed E-state index contributed by atoms with van der Waals surface area (Å²) in [6.07, 6.45) is 1.84. The molecule has 1 aromatic rings. The van der Waals surface area contributed by atoms with Crippen LogP contribution < -0.4 is 9.80 Å². The van der Waals surface area contributed by atoms with Gasteiger partial charge in [-0.3, -0.25) is 0 Å². The predicted molar refractivity (Wildman–Crippen MR) is 72.4 cm³/mol. The number of anilines is 2. The van der Waals surface area contributed by atoms with E-state index in [1.165, 1.54) is 5.69 Å². The van der Waals surface area contributed by atoms with Crippen molar-refractivity contribution < 1.29 is 5.11 Å². The van der Waals surface area contributed by atoms with Crippen molar-refractivity contribution in [3.63, 3.8) is 0 Å². The SMILES string of the molecule is CN1CN(/C=C(\O)C(C)(C)C)c2ccccc21. The highest BCUT2D eigenvalue weighted by Crippen LogP contribution is 2.35. The summed E-state index contributed by atoms with van der Waals surface area (Å²) in [5, 5.41) is 10.1. The molecule has 1 aliphatic heterocycles. The van der Waals surface area contributed by atoms with E-state index in [0.29, 0.717) is 5.76 Å². The summed E-state index contributed by atoms with van der Waals surface area (Å²) in [5.41, 5.74) is 2.13. The van der Waals surface area contributed by atoms with E-state index in [0.717, 1.165) is 12.4 Å². The van der Waals surface area contributed by atoms with Crippen molar-refractivity contribution in [1.29, 1.82) is 0 Å². The monoisotopic (exact) mass is 232 g/mol. The summed E-state index contributed by atoms with van der Waals surface area (Å²) in [6, 6.07) is 8.22. The number of aliphatic hydroxyl groups is 1. The molecule has 0 radical (unpaired) electrons. The fourth-order valence-electron chi connectivity index (χ4n) is 1.86. The van der Waals surface area contributed by atoms with E-state index in [4.69, 9.17) is 0 Å². The maximum atomic E-state index is 10.1. The smallest absolute Gasteiger partial charge is 0.114 e. The summed E-state index contributed by atoms with van der Waals surface area (Å²) in [6.45, 7) is 6.79. The molecule has 0 fully saturated rings. The molecule has 0 saturated carbocycles. The first-order valence-electron chi connectivity index (χ1n) is 5.87. The quantitative estimate of drug-likeness (QED) is 0.752. The Morgan fingerprint density at radius 3 is 2.41 bits per heavy atom. The number of rotatable bonds is 1. The van der Waals surface area contributed by atoms with Gasteiger partial charge in [-0.25, -0.2) is 0 Å². The van der Waals surface area contributed by atoms with Crippen molar-refractivity contribution >= 4 is 11.4 Å². The lowest BCUT2D eigenvalue weighted by molar-refractivity contribution is 0.275. The van der Waals surface area contributed by atoms with Gasteiger partial charge in [-0.1, -0.05) is 32.9 Å². The lowest BCUT2D eigenvalue weighted by Crippen LogP contribution is -2.25. The lowest BCUT2D eigenvalue weighted by atomic mass is 9.94. The molecular formula is C14H20N2O. The maximum Gasteiger partial charge on any atom is 0.114 e. The van der Waals surface area contributed by atoms with Crippen molar-refractivity contribution in [2.75, 3.05) is 23.5 Å². The van der Waals surface area contributed by atoms with Crippen molar-refractivity contribution in [2.45, 2.75) is 20.8 Å². The number of fused-ring (bicyclic) bond motifs is 1. The van der Waals surface area contributed by atoms with Gasteiger partial charge in [0, 0.05) is 18.7 Å². The van der Waals surface area contributed by atoms with E-state index in [-0.39, 0.29) is 5.41 Å². The largest absolute Gasteiger partial charge is 0.510 e. The second-order valence-electron chi connectivity index (χ2n) is 5.56. The van der Waals surface area contributed by atoms with Gasteiger partial charge in [-0.15, -0.1) is 0 Å². The highest BCUT2D eigenvalue weighted by molar-refractivity contribution is 5.77. The van der Waals surface area contributed by atoms with Crippen molar-refractivity contribution in [2.24, 2.45) is 5.41 Å². The third-order valence-corrected chi connectivity index (χ3v) is 3.01. The van der Waals surface area contributed by atoms with Crippen LogP contribution in [0.25, 0.3) is 0 Å². The van der Waals surface area contributed by atoms with Crippen LogP contribution in [-0.2, 0) is 0 Å². The number of para-hydroxylation sites is 2. The Balaban J connectivity index is 2.33. The van der Waals surface area contributed by atoms with E-state index < -0.39 is 0 Å². The fourth-order valence-corrected chi connectivity index (χ4v) is 1.86. The fraction of sp³-hybridized carbons (Fsp3) is 0.429. The number of aliphatic hydroxyl groups excluding tert-OH is 1. The molecule has 1 heterocycles. The van der Waals surface area contributed by atoms with Gasteiger partial charge in [-0.05, 0) is 12.1 Å². The minimum absolute atomic E-state index is 0.212. The number of allylic oxidation sites excluding steroid dienone is 1. The van der Waals surface area contributed by atoms with Gasteiger partial charge < -0.3 is 14.9 Å². The van der Waals surface area contributed by atoms with Gasteiger partial charge in [0.05, 0.1) is 18.0 Å². The van der Waals surface area contributed by atoms with E-state index in [1.807, 2.05) is 39.1 Å². The van der Waals surface area contributed by atoms with E-state index in [2.05, 4.69) is 29.0 Å². The predicted octanol–water partition coefficient (Wildman–Crippen LogP) is 3.35. The van der Waals surface area contributed by atoms with Crippen molar-refractivity contribution in [3.8, 4) is 0 Å². The summed E-state index contributed by atoms with van der Waals surface area (Å²) < 4.78 is 0. The molecule has 92 valence electrons. The molecule has 17 heavy (non-hydrogen) atoms. The van der Waals surface area contributed by atoms with Crippen LogP contribution in [0, 0.1) is 5.41 Å². The third kappa shape index (κ3) is 2.23. The van der Waals surface area contributed by atoms with Gasteiger partial charge in [0.25, 0.3) is 0 Å². The zero-order valence-corrected chi connectivity index (χ0v) is 10.9. The van der Waals surface area contributed by atoms with Crippen LogP contribution in [0.15, 0.2) is 36.2 Å².